The fourth-order valence-electron chi connectivity index (χ4n) is 2.66. The first-order valence-corrected chi connectivity index (χ1v) is 10.6. The molecule has 0 bridgehead atoms. The average Bonchev–Trinajstić information content (AvgIpc) is 2.75. The van der Waals surface area contributed by atoms with Crippen molar-refractivity contribution in [2.24, 2.45) is 5.73 Å². The van der Waals surface area contributed by atoms with Gasteiger partial charge in [-0.1, -0.05) is 0 Å². The second-order valence-electron chi connectivity index (χ2n) is 5.37. The van der Waals surface area contributed by atoms with Crippen LogP contribution in [0.3, 0.4) is 0 Å². The molecule has 1 saturated heterocycles. The highest BCUT2D eigenvalue weighted by Gasteiger charge is 2.38. The van der Waals surface area contributed by atoms with Crippen molar-refractivity contribution in [1.29, 1.82) is 0 Å². The highest BCUT2D eigenvalue weighted by molar-refractivity contribution is 8.00. The number of nitrogens with zero attached hydrogens (tertiary/aromatic N) is 1. The molecule has 2 rings (SSSR count). The van der Waals surface area contributed by atoms with Crippen LogP contribution in [0, 0.1) is 6.92 Å². The SMILES string of the molecule is Cc1ccsc1C(C(C)N)N1CCSCC1S(C)(=O)=O. The van der Waals surface area contributed by atoms with Gasteiger partial charge in [0.1, 0.15) is 5.37 Å². The Balaban J connectivity index is 2.39. The Morgan fingerprint density at radius 2 is 2.20 bits per heavy atom. The number of rotatable bonds is 4. The van der Waals surface area contributed by atoms with Crippen molar-refractivity contribution in [3.63, 3.8) is 0 Å². The highest BCUT2D eigenvalue weighted by atomic mass is 32.2. The van der Waals surface area contributed by atoms with Gasteiger partial charge in [-0.05, 0) is 30.9 Å². The van der Waals surface area contributed by atoms with Gasteiger partial charge < -0.3 is 5.73 Å². The Morgan fingerprint density at radius 1 is 1.50 bits per heavy atom. The maximum atomic E-state index is 12.1. The monoisotopic (exact) mass is 334 g/mol. The summed E-state index contributed by atoms with van der Waals surface area (Å²) in [6, 6.07) is 1.96. The smallest absolute Gasteiger partial charge is 0.164 e. The van der Waals surface area contributed by atoms with Crippen LogP contribution >= 0.6 is 23.1 Å². The molecule has 1 fully saturated rings. The lowest BCUT2D eigenvalue weighted by atomic mass is 10.0. The lowest BCUT2D eigenvalue weighted by Crippen LogP contribution is -2.52. The lowest BCUT2D eigenvalue weighted by Gasteiger charge is -2.41. The van der Waals surface area contributed by atoms with Crippen LogP contribution < -0.4 is 5.73 Å². The third kappa shape index (κ3) is 3.39. The normalized spacial score (nSPS) is 24.5. The standard InChI is InChI=1S/C13H22N2O2S3/c1-9-4-6-19-13(9)12(10(2)14)15-5-7-18-8-11(15)20(3,16)17/h4,6,10-12H,5,7-8,14H2,1-3H3. The van der Waals surface area contributed by atoms with E-state index in [9.17, 15) is 8.42 Å². The van der Waals surface area contributed by atoms with Crippen molar-refractivity contribution in [2.75, 3.05) is 24.3 Å². The minimum Gasteiger partial charge on any atom is -0.326 e. The zero-order chi connectivity index (χ0) is 14.9. The first kappa shape index (κ1) is 16.3. The molecule has 4 nitrogen and oxygen atoms in total. The molecule has 114 valence electrons. The minimum atomic E-state index is -3.10. The second-order valence-corrected chi connectivity index (χ2v) is 9.67. The molecule has 0 radical (unpaired) electrons. The van der Waals surface area contributed by atoms with Crippen molar-refractivity contribution in [3.05, 3.63) is 21.9 Å². The average molecular weight is 335 g/mol. The van der Waals surface area contributed by atoms with E-state index in [4.69, 9.17) is 5.73 Å². The summed E-state index contributed by atoms with van der Waals surface area (Å²) in [6.07, 6.45) is 1.33. The van der Waals surface area contributed by atoms with Gasteiger partial charge >= 0.3 is 0 Å². The molecule has 3 unspecified atom stereocenters. The zero-order valence-electron chi connectivity index (χ0n) is 12.1. The molecule has 2 heterocycles. The molecule has 0 aliphatic carbocycles. The van der Waals surface area contributed by atoms with Gasteiger partial charge in [0.25, 0.3) is 0 Å². The number of aryl methyl sites for hydroxylation is 1. The van der Waals surface area contributed by atoms with E-state index in [0.29, 0.717) is 5.75 Å². The largest absolute Gasteiger partial charge is 0.326 e. The third-order valence-corrected chi connectivity index (χ3v) is 7.39. The summed E-state index contributed by atoms with van der Waals surface area (Å²) < 4.78 is 24.2. The van der Waals surface area contributed by atoms with Crippen molar-refractivity contribution < 1.29 is 8.42 Å². The van der Waals surface area contributed by atoms with Crippen LogP contribution in [0.15, 0.2) is 11.4 Å². The molecule has 1 aliphatic heterocycles. The molecule has 0 spiro atoms. The number of hydrogen-bond donors (Lipinski definition) is 1. The van der Waals surface area contributed by atoms with Crippen LogP contribution in [0.2, 0.25) is 0 Å². The first-order chi connectivity index (χ1) is 9.32. The van der Waals surface area contributed by atoms with Crippen LogP contribution in [0.4, 0.5) is 0 Å². The van der Waals surface area contributed by atoms with Crippen molar-refractivity contribution >= 4 is 32.9 Å². The van der Waals surface area contributed by atoms with Crippen molar-refractivity contribution in [2.45, 2.75) is 31.3 Å². The number of hydrogen-bond acceptors (Lipinski definition) is 6. The van der Waals surface area contributed by atoms with Crippen molar-refractivity contribution in [1.82, 2.24) is 4.90 Å². The van der Waals surface area contributed by atoms with Crippen LogP contribution in [0.1, 0.15) is 23.4 Å². The molecular formula is C13H22N2O2S3. The summed E-state index contributed by atoms with van der Waals surface area (Å²) >= 11 is 3.37. The Labute approximate surface area is 129 Å². The number of thioether (sulfide) groups is 1. The van der Waals surface area contributed by atoms with E-state index in [-0.39, 0.29) is 12.1 Å². The Bertz CT molecular complexity index is 554. The highest BCUT2D eigenvalue weighted by Crippen LogP contribution is 2.35. The van der Waals surface area contributed by atoms with Crippen LogP contribution in [-0.4, -0.2) is 49.0 Å². The van der Waals surface area contributed by atoms with E-state index in [1.54, 1.807) is 23.1 Å². The summed E-state index contributed by atoms with van der Waals surface area (Å²) in [6.45, 7) is 4.80. The molecule has 20 heavy (non-hydrogen) atoms. The molecule has 1 aromatic heterocycles. The topological polar surface area (TPSA) is 63.4 Å². The predicted molar refractivity (Wildman–Crippen MR) is 88.1 cm³/mol. The maximum absolute atomic E-state index is 12.1. The van der Waals surface area contributed by atoms with Crippen LogP contribution in [-0.2, 0) is 9.84 Å². The summed E-state index contributed by atoms with van der Waals surface area (Å²) in [4.78, 5) is 3.29. The minimum absolute atomic E-state index is 0.0179. The van der Waals surface area contributed by atoms with E-state index in [0.717, 1.165) is 12.3 Å². The third-order valence-electron chi connectivity index (χ3n) is 3.64. The maximum Gasteiger partial charge on any atom is 0.164 e. The molecular weight excluding hydrogens is 312 g/mol. The van der Waals surface area contributed by atoms with E-state index >= 15 is 0 Å². The molecule has 3 atom stereocenters. The number of nitrogens with two attached hydrogens (primary N) is 1. The van der Waals surface area contributed by atoms with Gasteiger partial charge in [0.05, 0.1) is 6.04 Å². The fraction of sp³-hybridized carbons (Fsp3) is 0.692. The molecule has 2 N–H and O–H groups in total. The summed E-state index contributed by atoms with van der Waals surface area (Å²) in [7, 11) is -3.10. The summed E-state index contributed by atoms with van der Waals surface area (Å²) in [5, 5.41) is 1.62. The fourth-order valence-corrected chi connectivity index (χ4v) is 6.73. The molecule has 1 aliphatic rings. The van der Waals surface area contributed by atoms with Crippen LogP contribution in [0.5, 0.6) is 0 Å². The van der Waals surface area contributed by atoms with Gasteiger partial charge in [-0.3, -0.25) is 4.90 Å². The number of thiophene rings is 1. The lowest BCUT2D eigenvalue weighted by molar-refractivity contribution is 0.175. The molecule has 1 aromatic rings. The summed E-state index contributed by atoms with van der Waals surface area (Å²) in [5.41, 5.74) is 7.39. The second kappa shape index (κ2) is 6.36. The van der Waals surface area contributed by atoms with Gasteiger partial charge in [-0.25, -0.2) is 8.42 Å². The molecule has 0 amide bonds. The van der Waals surface area contributed by atoms with Gasteiger partial charge in [-0.2, -0.15) is 11.8 Å². The summed E-state index contributed by atoms with van der Waals surface area (Å²) in [5.74, 6) is 1.59. The number of sulfone groups is 1. The van der Waals surface area contributed by atoms with E-state index in [1.165, 1.54) is 16.7 Å². The quantitative estimate of drug-likeness (QED) is 0.910. The molecule has 0 saturated carbocycles. The Morgan fingerprint density at radius 3 is 2.70 bits per heavy atom. The van der Waals surface area contributed by atoms with Crippen LogP contribution in [0.25, 0.3) is 0 Å². The van der Waals surface area contributed by atoms with Gasteiger partial charge in [-0.15, -0.1) is 11.3 Å². The van der Waals surface area contributed by atoms with Gasteiger partial charge in [0.2, 0.25) is 0 Å². The van der Waals surface area contributed by atoms with Crippen molar-refractivity contribution in [3.8, 4) is 0 Å². The van der Waals surface area contributed by atoms with Gasteiger partial charge in [0, 0.05) is 35.2 Å². The first-order valence-electron chi connectivity index (χ1n) is 6.64. The van der Waals surface area contributed by atoms with E-state index < -0.39 is 15.2 Å². The van der Waals surface area contributed by atoms with E-state index in [2.05, 4.69) is 17.9 Å². The predicted octanol–water partition coefficient (Wildman–Crippen LogP) is 1.86. The Kier molecular flexibility index (Phi) is 5.18. The zero-order valence-corrected chi connectivity index (χ0v) is 14.5. The molecule has 0 aromatic carbocycles. The Hall–Kier alpha value is -0.0800. The molecule has 7 heteroatoms. The van der Waals surface area contributed by atoms with E-state index in [1.807, 2.05) is 12.3 Å². The van der Waals surface area contributed by atoms with Gasteiger partial charge in [0.15, 0.2) is 9.84 Å².